The van der Waals surface area contributed by atoms with Crippen LogP contribution >= 0.6 is 0 Å². The Labute approximate surface area is 173 Å². The maximum atomic E-state index is 13.0. The Bertz CT molecular complexity index is 820. The van der Waals surface area contributed by atoms with Crippen molar-refractivity contribution in [2.75, 3.05) is 7.11 Å². The molecule has 1 fully saturated rings. The van der Waals surface area contributed by atoms with Gasteiger partial charge in [-0.1, -0.05) is 34.1 Å². The fourth-order valence-corrected chi connectivity index (χ4v) is 4.21. The van der Waals surface area contributed by atoms with E-state index in [1.54, 1.807) is 30.1 Å². The first-order valence-corrected chi connectivity index (χ1v) is 10.7. The molecule has 0 radical (unpaired) electrons. The quantitative estimate of drug-likeness (QED) is 0.762. The van der Waals surface area contributed by atoms with Crippen LogP contribution in [0.15, 0.2) is 18.3 Å². The zero-order valence-electron chi connectivity index (χ0n) is 18.2. The van der Waals surface area contributed by atoms with E-state index in [4.69, 9.17) is 4.74 Å². The van der Waals surface area contributed by atoms with Crippen molar-refractivity contribution in [3.63, 3.8) is 0 Å². The maximum Gasteiger partial charge on any atom is 0.254 e. The van der Waals surface area contributed by atoms with Crippen LogP contribution in [0.2, 0.25) is 0 Å². The number of hydrogen-bond acceptors (Lipinski definition) is 5. The van der Waals surface area contributed by atoms with Crippen molar-refractivity contribution in [1.82, 2.24) is 25.3 Å². The second kappa shape index (κ2) is 8.93. The summed E-state index contributed by atoms with van der Waals surface area (Å²) in [6.07, 6.45) is 7.93. The molecular formula is C22H33N5O2. The number of amides is 1. The van der Waals surface area contributed by atoms with Crippen LogP contribution in [0.25, 0.3) is 5.82 Å². The summed E-state index contributed by atoms with van der Waals surface area (Å²) in [7, 11) is 1.55. The second-order valence-corrected chi connectivity index (χ2v) is 8.57. The first-order valence-electron chi connectivity index (χ1n) is 10.7. The SMILES string of the molecule is CCc1c(C(=O)NC2CCC(C(C)(C)CC)CC2)cnn1-c1ccc(OC)nn1. The lowest BCUT2D eigenvalue weighted by molar-refractivity contribution is 0.0892. The van der Waals surface area contributed by atoms with Gasteiger partial charge in [-0.15, -0.1) is 10.2 Å². The van der Waals surface area contributed by atoms with Crippen molar-refractivity contribution < 1.29 is 9.53 Å². The van der Waals surface area contributed by atoms with Gasteiger partial charge < -0.3 is 10.1 Å². The fraction of sp³-hybridized carbons (Fsp3) is 0.636. The van der Waals surface area contributed by atoms with E-state index in [0.29, 0.717) is 29.1 Å². The van der Waals surface area contributed by atoms with Crippen molar-refractivity contribution in [3.05, 3.63) is 29.6 Å². The number of hydrogen-bond donors (Lipinski definition) is 1. The molecule has 158 valence electrons. The highest BCUT2D eigenvalue weighted by Crippen LogP contribution is 2.40. The van der Waals surface area contributed by atoms with Gasteiger partial charge in [0.05, 0.1) is 24.6 Å². The predicted octanol–water partition coefficient (Wildman–Crippen LogP) is 3.96. The van der Waals surface area contributed by atoms with Crippen LogP contribution in [-0.2, 0) is 6.42 Å². The van der Waals surface area contributed by atoms with Crippen molar-refractivity contribution in [2.45, 2.75) is 72.3 Å². The molecule has 1 amide bonds. The third-order valence-electron chi connectivity index (χ3n) is 6.58. The summed E-state index contributed by atoms with van der Waals surface area (Å²) < 4.78 is 6.74. The lowest BCUT2D eigenvalue weighted by Crippen LogP contribution is -2.40. The molecule has 0 aliphatic heterocycles. The number of nitrogens with zero attached hydrogens (tertiary/aromatic N) is 4. The average molecular weight is 400 g/mol. The number of nitrogens with one attached hydrogen (secondary N) is 1. The summed E-state index contributed by atoms with van der Waals surface area (Å²) in [4.78, 5) is 13.0. The number of carbonyl (C=O) groups excluding carboxylic acids is 1. The van der Waals surface area contributed by atoms with Crippen LogP contribution in [0.4, 0.5) is 0 Å². The van der Waals surface area contributed by atoms with Crippen LogP contribution in [-0.4, -0.2) is 39.0 Å². The van der Waals surface area contributed by atoms with Crippen molar-refractivity contribution in [1.29, 1.82) is 0 Å². The zero-order chi connectivity index (χ0) is 21.0. The fourth-order valence-electron chi connectivity index (χ4n) is 4.21. The van der Waals surface area contributed by atoms with Crippen molar-refractivity contribution in [3.8, 4) is 11.7 Å². The molecule has 0 aromatic carbocycles. The van der Waals surface area contributed by atoms with Gasteiger partial charge in [0, 0.05) is 12.1 Å². The molecule has 7 heteroatoms. The van der Waals surface area contributed by atoms with Gasteiger partial charge >= 0.3 is 0 Å². The molecule has 1 saturated carbocycles. The molecule has 7 nitrogen and oxygen atoms in total. The minimum Gasteiger partial charge on any atom is -0.480 e. The summed E-state index contributed by atoms with van der Waals surface area (Å²) in [6, 6.07) is 3.76. The highest BCUT2D eigenvalue weighted by Gasteiger charge is 2.32. The number of methoxy groups -OCH3 is 1. The van der Waals surface area contributed by atoms with Crippen molar-refractivity contribution >= 4 is 5.91 Å². The summed E-state index contributed by atoms with van der Waals surface area (Å²) in [6.45, 7) is 9.01. The molecule has 0 bridgehead atoms. The van der Waals surface area contributed by atoms with E-state index in [2.05, 4.69) is 41.4 Å². The molecule has 0 saturated heterocycles. The highest BCUT2D eigenvalue weighted by atomic mass is 16.5. The monoisotopic (exact) mass is 399 g/mol. The van der Waals surface area contributed by atoms with E-state index in [0.717, 1.165) is 24.5 Å². The van der Waals surface area contributed by atoms with Gasteiger partial charge in [-0.25, -0.2) is 4.68 Å². The Kier molecular flexibility index (Phi) is 6.55. The molecule has 1 aliphatic carbocycles. The Morgan fingerprint density at radius 2 is 1.93 bits per heavy atom. The van der Waals surface area contributed by atoms with Gasteiger partial charge in [-0.05, 0) is 49.5 Å². The third kappa shape index (κ3) is 4.60. The molecule has 1 N–H and O–H groups in total. The van der Waals surface area contributed by atoms with Gasteiger partial charge in [-0.2, -0.15) is 5.10 Å². The molecule has 29 heavy (non-hydrogen) atoms. The lowest BCUT2D eigenvalue weighted by Gasteiger charge is -2.39. The van der Waals surface area contributed by atoms with Crippen LogP contribution in [0.3, 0.4) is 0 Å². The molecular weight excluding hydrogens is 366 g/mol. The Balaban J connectivity index is 1.68. The number of aromatic nitrogens is 4. The zero-order valence-corrected chi connectivity index (χ0v) is 18.2. The van der Waals surface area contributed by atoms with E-state index < -0.39 is 0 Å². The Hall–Kier alpha value is -2.44. The molecule has 2 aromatic heterocycles. The second-order valence-electron chi connectivity index (χ2n) is 8.57. The van der Waals surface area contributed by atoms with Crippen LogP contribution in [0.5, 0.6) is 5.88 Å². The largest absolute Gasteiger partial charge is 0.480 e. The van der Waals surface area contributed by atoms with Gasteiger partial charge in [0.15, 0.2) is 5.82 Å². The van der Waals surface area contributed by atoms with E-state index in [9.17, 15) is 4.79 Å². The van der Waals surface area contributed by atoms with E-state index in [-0.39, 0.29) is 11.9 Å². The molecule has 0 atom stereocenters. The van der Waals surface area contributed by atoms with Gasteiger partial charge in [-0.3, -0.25) is 4.79 Å². The van der Waals surface area contributed by atoms with Gasteiger partial charge in [0.2, 0.25) is 5.88 Å². The predicted molar refractivity (Wildman–Crippen MR) is 112 cm³/mol. The van der Waals surface area contributed by atoms with Gasteiger partial charge in [0.25, 0.3) is 5.91 Å². The molecule has 0 unspecified atom stereocenters. The molecule has 0 spiro atoms. The number of rotatable bonds is 7. The van der Waals surface area contributed by atoms with Crippen LogP contribution in [0, 0.1) is 11.3 Å². The first-order chi connectivity index (χ1) is 13.9. The molecule has 1 aliphatic rings. The molecule has 2 heterocycles. The van der Waals surface area contributed by atoms with E-state index in [1.165, 1.54) is 19.3 Å². The summed E-state index contributed by atoms with van der Waals surface area (Å²) in [5, 5.41) is 15.8. The average Bonchev–Trinajstić information content (AvgIpc) is 3.18. The maximum absolute atomic E-state index is 13.0. The van der Waals surface area contributed by atoms with Crippen LogP contribution < -0.4 is 10.1 Å². The van der Waals surface area contributed by atoms with Gasteiger partial charge in [0.1, 0.15) is 0 Å². The summed E-state index contributed by atoms with van der Waals surface area (Å²) in [5.74, 6) is 1.71. The Morgan fingerprint density at radius 1 is 1.21 bits per heavy atom. The molecule has 2 aromatic rings. The normalized spacial score (nSPS) is 19.8. The smallest absolute Gasteiger partial charge is 0.254 e. The Morgan fingerprint density at radius 3 is 2.48 bits per heavy atom. The summed E-state index contributed by atoms with van der Waals surface area (Å²) in [5.41, 5.74) is 1.83. The first kappa shape index (κ1) is 21.3. The number of carbonyl (C=O) groups is 1. The van der Waals surface area contributed by atoms with E-state index in [1.807, 2.05) is 6.92 Å². The molecule has 3 rings (SSSR count). The minimum atomic E-state index is -0.0484. The highest BCUT2D eigenvalue weighted by molar-refractivity contribution is 5.95. The minimum absolute atomic E-state index is 0.0484. The summed E-state index contributed by atoms with van der Waals surface area (Å²) >= 11 is 0. The van der Waals surface area contributed by atoms with E-state index >= 15 is 0 Å². The topological polar surface area (TPSA) is 81.9 Å². The standard InChI is InChI=1S/C22H33N5O2/c1-6-18-17(14-23-27(18)19-12-13-20(29-5)26-25-19)21(28)24-16-10-8-15(9-11-16)22(3,4)7-2/h12-16H,6-11H2,1-5H3,(H,24,28). The lowest BCUT2D eigenvalue weighted by atomic mass is 9.69. The van der Waals surface area contributed by atoms with Crippen molar-refractivity contribution in [2.24, 2.45) is 11.3 Å². The van der Waals surface area contributed by atoms with Crippen LogP contribution in [0.1, 0.15) is 75.9 Å². The number of ether oxygens (including phenoxy) is 1. The third-order valence-corrected chi connectivity index (χ3v) is 6.58.